The molecule has 4 unspecified atom stereocenters. The second kappa shape index (κ2) is 5.74. The van der Waals surface area contributed by atoms with E-state index in [1.807, 2.05) is 13.8 Å². The van der Waals surface area contributed by atoms with Crippen LogP contribution in [0.3, 0.4) is 0 Å². The van der Waals surface area contributed by atoms with Gasteiger partial charge in [-0.2, -0.15) is 0 Å². The number of carbonyl (C=O) groups is 2. The first-order valence-corrected chi connectivity index (χ1v) is 7.89. The van der Waals surface area contributed by atoms with E-state index in [1.165, 1.54) is 26.2 Å². The second-order valence-corrected chi connectivity index (χ2v) is 6.53. The maximum Gasteiger partial charge on any atom is 0.320 e. The summed E-state index contributed by atoms with van der Waals surface area (Å²) in [6.45, 7) is 5.50. The van der Waals surface area contributed by atoms with E-state index in [2.05, 4.69) is 0 Å². The van der Waals surface area contributed by atoms with Crippen LogP contribution in [0.5, 0.6) is 0 Å². The normalized spacial score (nSPS) is 30.2. The lowest BCUT2D eigenvalue weighted by molar-refractivity contribution is -0.178. The Balaban J connectivity index is 2.13. The van der Waals surface area contributed by atoms with Crippen molar-refractivity contribution in [1.82, 2.24) is 0 Å². The van der Waals surface area contributed by atoms with Crippen LogP contribution in [0, 0.1) is 23.7 Å². The summed E-state index contributed by atoms with van der Waals surface area (Å²) in [4.78, 5) is 23.0. The molecule has 2 fully saturated rings. The van der Waals surface area contributed by atoms with E-state index in [9.17, 15) is 9.59 Å². The zero-order chi connectivity index (χ0) is 14.9. The van der Waals surface area contributed by atoms with E-state index in [1.54, 1.807) is 0 Å². The highest BCUT2D eigenvalue weighted by molar-refractivity contribution is 5.93. The molecule has 0 aliphatic heterocycles. The number of carbonyl (C=O) groups excluding carboxylic acids is 1. The molecule has 2 bridgehead atoms. The monoisotopic (exact) mass is 282 g/mol. The molecule has 2 aliphatic rings. The molecule has 2 saturated carbocycles. The average Bonchev–Trinajstić information content (AvgIpc) is 3.06. The summed E-state index contributed by atoms with van der Waals surface area (Å²) < 4.78 is 5.78. The van der Waals surface area contributed by atoms with Gasteiger partial charge in [0, 0.05) is 5.92 Å². The molecular formula is C16H26O4. The standard InChI is InChI=1S/C16H26O4/c1-4-16(5-2,20-15(19)10(3)14(17)18)13-9-11-6-7-12(13)8-11/h10-13H,4-9H2,1-3H3,(H,17,18). The predicted molar refractivity (Wildman–Crippen MR) is 75.1 cm³/mol. The van der Waals surface area contributed by atoms with Crippen molar-refractivity contribution in [3.8, 4) is 0 Å². The maximum absolute atomic E-state index is 12.1. The first-order valence-electron chi connectivity index (χ1n) is 7.89. The summed E-state index contributed by atoms with van der Waals surface area (Å²) in [5, 5.41) is 8.96. The number of esters is 1. The van der Waals surface area contributed by atoms with Crippen LogP contribution in [0.4, 0.5) is 0 Å². The molecule has 0 radical (unpaired) electrons. The Morgan fingerprint density at radius 2 is 1.90 bits per heavy atom. The Hall–Kier alpha value is -1.06. The van der Waals surface area contributed by atoms with Crippen LogP contribution in [-0.2, 0) is 14.3 Å². The van der Waals surface area contributed by atoms with Gasteiger partial charge in [0.15, 0.2) is 5.92 Å². The van der Waals surface area contributed by atoms with Crippen molar-refractivity contribution in [3.05, 3.63) is 0 Å². The lowest BCUT2D eigenvalue weighted by atomic mass is 9.73. The molecule has 4 heteroatoms. The van der Waals surface area contributed by atoms with Gasteiger partial charge in [0.1, 0.15) is 5.60 Å². The van der Waals surface area contributed by atoms with E-state index in [4.69, 9.17) is 9.84 Å². The van der Waals surface area contributed by atoms with Crippen LogP contribution >= 0.6 is 0 Å². The molecule has 0 aromatic rings. The molecule has 0 spiro atoms. The molecule has 0 saturated heterocycles. The quantitative estimate of drug-likeness (QED) is 0.600. The number of carboxylic acid groups (broad SMARTS) is 1. The Bertz CT molecular complexity index is 386. The minimum absolute atomic E-state index is 0.418. The molecule has 1 N–H and O–H groups in total. The highest BCUT2D eigenvalue weighted by Gasteiger charge is 2.51. The molecule has 0 heterocycles. The van der Waals surface area contributed by atoms with E-state index >= 15 is 0 Å². The third-order valence-electron chi connectivity index (χ3n) is 5.64. The number of hydrogen-bond acceptors (Lipinski definition) is 3. The Morgan fingerprint density at radius 3 is 2.30 bits per heavy atom. The van der Waals surface area contributed by atoms with Gasteiger partial charge in [0.05, 0.1) is 0 Å². The summed E-state index contributed by atoms with van der Waals surface area (Å²) in [5.41, 5.74) is -0.458. The van der Waals surface area contributed by atoms with Gasteiger partial charge in [-0.3, -0.25) is 9.59 Å². The molecule has 4 atom stereocenters. The van der Waals surface area contributed by atoms with Crippen molar-refractivity contribution in [1.29, 1.82) is 0 Å². The zero-order valence-electron chi connectivity index (χ0n) is 12.7. The smallest absolute Gasteiger partial charge is 0.320 e. The molecule has 0 aromatic heterocycles. The molecule has 0 amide bonds. The molecule has 20 heavy (non-hydrogen) atoms. The van der Waals surface area contributed by atoms with Crippen LogP contribution in [-0.4, -0.2) is 22.6 Å². The lowest BCUT2D eigenvalue weighted by Gasteiger charge is -2.41. The van der Waals surface area contributed by atoms with E-state index in [-0.39, 0.29) is 0 Å². The minimum atomic E-state index is -1.11. The van der Waals surface area contributed by atoms with Crippen LogP contribution in [0.25, 0.3) is 0 Å². The van der Waals surface area contributed by atoms with Crippen molar-refractivity contribution in [2.45, 2.75) is 64.9 Å². The summed E-state index contributed by atoms with van der Waals surface area (Å²) in [5.74, 6) is -0.897. The fraction of sp³-hybridized carbons (Fsp3) is 0.875. The predicted octanol–water partition coefficient (Wildman–Crippen LogP) is 3.25. The first kappa shape index (κ1) is 15.3. The fourth-order valence-electron chi connectivity index (χ4n) is 4.27. The second-order valence-electron chi connectivity index (χ2n) is 6.53. The first-order chi connectivity index (χ1) is 9.43. The van der Waals surface area contributed by atoms with Crippen LogP contribution in [0.2, 0.25) is 0 Å². The van der Waals surface area contributed by atoms with Gasteiger partial charge in [-0.05, 0) is 50.9 Å². The van der Waals surface area contributed by atoms with Crippen molar-refractivity contribution in [2.24, 2.45) is 23.7 Å². The topological polar surface area (TPSA) is 63.6 Å². The van der Waals surface area contributed by atoms with Gasteiger partial charge in [0.25, 0.3) is 0 Å². The molecule has 2 rings (SSSR count). The van der Waals surface area contributed by atoms with E-state index in [0.29, 0.717) is 11.8 Å². The largest absolute Gasteiger partial charge is 0.481 e. The summed E-state index contributed by atoms with van der Waals surface area (Å²) in [6.07, 6.45) is 6.50. The number of hydrogen-bond donors (Lipinski definition) is 1. The Morgan fingerprint density at radius 1 is 1.25 bits per heavy atom. The Kier molecular flexibility index (Phi) is 4.40. The highest BCUT2D eigenvalue weighted by Crippen LogP contribution is 2.54. The molecular weight excluding hydrogens is 256 g/mol. The minimum Gasteiger partial charge on any atom is -0.481 e. The third-order valence-corrected chi connectivity index (χ3v) is 5.64. The SMILES string of the molecule is CCC(CC)(OC(=O)C(C)C(=O)O)C1CC2CCC1C2. The van der Waals surface area contributed by atoms with Gasteiger partial charge >= 0.3 is 11.9 Å². The number of carboxylic acids is 1. The number of aliphatic carboxylic acids is 1. The fourth-order valence-corrected chi connectivity index (χ4v) is 4.27. The van der Waals surface area contributed by atoms with E-state index < -0.39 is 23.5 Å². The van der Waals surface area contributed by atoms with Crippen molar-refractivity contribution >= 4 is 11.9 Å². The molecule has 0 aromatic carbocycles. The van der Waals surface area contributed by atoms with Crippen LogP contribution in [0.15, 0.2) is 0 Å². The van der Waals surface area contributed by atoms with Gasteiger partial charge in [-0.15, -0.1) is 0 Å². The summed E-state index contributed by atoms with van der Waals surface area (Å²) >= 11 is 0. The molecule has 2 aliphatic carbocycles. The Labute approximate surface area is 120 Å². The number of rotatable bonds is 6. The average molecular weight is 282 g/mol. The van der Waals surface area contributed by atoms with Crippen molar-refractivity contribution < 1.29 is 19.4 Å². The number of ether oxygens (including phenoxy) is 1. The van der Waals surface area contributed by atoms with Crippen LogP contribution in [0.1, 0.15) is 59.3 Å². The summed E-state index contributed by atoms with van der Waals surface area (Å²) in [6, 6.07) is 0. The zero-order valence-corrected chi connectivity index (χ0v) is 12.7. The van der Waals surface area contributed by atoms with Gasteiger partial charge in [-0.1, -0.05) is 20.3 Å². The van der Waals surface area contributed by atoms with Gasteiger partial charge in [0.2, 0.25) is 0 Å². The molecule has 4 nitrogen and oxygen atoms in total. The number of fused-ring (bicyclic) bond motifs is 2. The van der Waals surface area contributed by atoms with Gasteiger partial charge < -0.3 is 9.84 Å². The highest BCUT2D eigenvalue weighted by atomic mass is 16.6. The van der Waals surface area contributed by atoms with Crippen molar-refractivity contribution in [2.75, 3.05) is 0 Å². The molecule has 114 valence electrons. The summed E-state index contributed by atoms with van der Waals surface area (Å²) in [7, 11) is 0. The third kappa shape index (κ3) is 2.57. The van der Waals surface area contributed by atoms with Crippen LogP contribution < -0.4 is 0 Å². The van der Waals surface area contributed by atoms with Gasteiger partial charge in [-0.25, -0.2) is 0 Å². The lowest BCUT2D eigenvalue weighted by Crippen LogP contribution is -2.45. The maximum atomic E-state index is 12.1. The van der Waals surface area contributed by atoms with E-state index in [0.717, 1.165) is 25.2 Å². The van der Waals surface area contributed by atoms with Crippen molar-refractivity contribution in [3.63, 3.8) is 0 Å².